The van der Waals surface area contributed by atoms with Gasteiger partial charge < -0.3 is 9.88 Å². The number of likely N-dealkylation sites (N-methyl/N-ethyl adjacent to an activating group) is 1. The molecule has 0 saturated heterocycles. The summed E-state index contributed by atoms with van der Waals surface area (Å²) in [5.74, 6) is 1.80. The number of hydrogen-bond donors (Lipinski definition) is 1. The summed E-state index contributed by atoms with van der Waals surface area (Å²) in [5, 5.41) is 3.54. The molecule has 1 rings (SSSR count). The number of nitrogens with one attached hydrogen (secondary N) is 1. The molecule has 0 aromatic carbocycles. The fourth-order valence-electron chi connectivity index (χ4n) is 1.59. The second kappa shape index (κ2) is 6.77. The van der Waals surface area contributed by atoms with Crippen molar-refractivity contribution in [3.63, 3.8) is 0 Å². The average molecular weight is 238 g/mol. The third-order valence-corrected chi connectivity index (χ3v) is 3.29. The highest BCUT2D eigenvalue weighted by atomic mass is 15.2. The summed E-state index contributed by atoms with van der Waals surface area (Å²) in [6.07, 6.45) is 3.84. The maximum atomic E-state index is 4.33. The van der Waals surface area contributed by atoms with Gasteiger partial charge >= 0.3 is 0 Å². The lowest BCUT2D eigenvalue weighted by atomic mass is 10.1. The Morgan fingerprint density at radius 2 is 2.12 bits per heavy atom. The first-order chi connectivity index (χ1) is 8.00. The van der Waals surface area contributed by atoms with Gasteiger partial charge in [0.15, 0.2) is 0 Å². The van der Waals surface area contributed by atoms with Crippen LogP contribution >= 0.6 is 0 Å². The Morgan fingerprint density at radius 1 is 1.41 bits per heavy atom. The van der Waals surface area contributed by atoms with Crippen molar-refractivity contribution in [1.29, 1.82) is 0 Å². The van der Waals surface area contributed by atoms with E-state index in [4.69, 9.17) is 0 Å². The number of rotatable bonds is 7. The van der Waals surface area contributed by atoms with Crippen LogP contribution in [0, 0.1) is 5.92 Å². The number of hydrogen-bond acceptors (Lipinski definition) is 3. The van der Waals surface area contributed by atoms with Crippen LogP contribution in [-0.4, -0.2) is 40.6 Å². The molecule has 0 fully saturated rings. The molecule has 1 atom stereocenters. The maximum absolute atomic E-state index is 4.33. The summed E-state index contributed by atoms with van der Waals surface area (Å²) >= 11 is 0. The van der Waals surface area contributed by atoms with Crippen molar-refractivity contribution in [2.45, 2.75) is 33.4 Å². The van der Waals surface area contributed by atoms with Crippen LogP contribution in [0.3, 0.4) is 0 Å². The molecule has 17 heavy (non-hydrogen) atoms. The Kier molecular flexibility index (Phi) is 5.65. The number of aryl methyl sites for hydroxylation is 1. The highest BCUT2D eigenvalue weighted by Crippen LogP contribution is 2.00. The lowest BCUT2D eigenvalue weighted by Gasteiger charge is -2.21. The molecule has 0 amide bonds. The van der Waals surface area contributed by atoms with E-state index < -0.39 is 0 Å². The van der Waals surface area contributed by atoms with Crippen LogP contribution in [0.4, 0.5) is 0 Å². The van der Waals surface area contributed by atoms with Crippen LogP contribution < -0.4 is 5.32 Å². The summed E-state index contributed by atoms with van der Waals surface area (Å²) in [5.41, 5.74) is 0. The molecule has 0 saturated carbocycles. The van der Waals surface area contributed by atoms with Crippen LogP contribution in [0.15, 0.2) is 12.4 Å². The van der Waals surface area contributed by atoms with E-state index in [1.54, 1.807) is 0 Å². The van der Waals surface area contributed by atoms with E-state index in [0.29, 0.717) is 12.0 Å². The van der Waals surface area contributed by atoms with Gasteiger partial charge in [-0.05, 0) is 19.9 Å². The first-order valence-electron chi connectivity index (χ1n) is 6.38. The largest absolute Gasteiger partial charge is 0.337 e. The smallest absolute Gasteiger partial charge is 0.122 e. The van der Waals surface area contributed by atoms with Gasteiger partial charge in [-0.2, -0.15) is 0 Å². The Hall–Kier alpha value is -0.870. The molecule has 0 radical (unpaired) electrons. The normalized spacial score (nSPS) is 13.6. The monoisotopic (exact) mass is 238 g/mol. The Bertz CT molecular complexity index is 319. The van der Waals surface area contributed by atoms with Crippen LogP contribution in [0.25, 0.3) is 0 Å². The molecule has 4 heteroatoms. The number of aromatic nitrogens is 2. The third-order valence-electron chi connectivity index (χ3n) is 3.29. The lowest BCUT2D eigenvalue weighted by Crippen LogP contribution is -2.36. The van der Waals surface area contributed by atoms with Crippen LogP contribution in [0.5, 0.6) is 0 Å². The minimum Gasteiger partial charge on any atom is -0.337 e. The van der Waals surface area contributed by atoms with E-state index in [-0.39, 0.29) is 0 Å². The summed E-state index contributed by atoms with van der Waals surface area (Å²) < 4.78 is 2.07. The Labute approximate surface area is 105 Å². The van der Waals surface area contributed by atoms with Crippen molar-refractivity contribution in [3.05, 3.63) is 18.2 Å². The minimum atomic E-state index is 0.580. The predicted molar refractivity (Wildman–Crippen MR) is 71.8 cm³/mol. The van der Waals surface area contributed by atoms with Crippen molar-refractivity contribution in [3.8, 4) is 0 Å². The Balaban J connectivity index is 2.22. The zero-order valence-electron chi connectivity index (χ0n) is 11.8. The summed E-state index contributed by atoms with van der Waals surface area (Å²) in [6, 6.07) is 0.580. The van der Waals surface area contributed by atoms with Gasteiger partial charge in [0.1, 0.15) is 5.82 Å². The quantitative estimate of drug-likeness (QED) is 0.781. The topological polar surface area (TPSA) is 33.1 Å². The molecule has 0 spiro atoms. The van der Waals surface area contributed by atoms with E-state index in [9.17, 15) is 0 Å². The Morgan fingerprint density at radius 3 is 2.65 bits per heavy atom. The molecule has 98 valence electrons. The van der Waals surface area contributed by atoms with E-state index in [0.717, 1.165) is 25.5 Å². The standard InChI is InChI=1S/C13H26N4/c1-11(2)12(3)14-6-8-16(4)10-13-15-7-9-17(13)5/h7,9,11-12,14H,6,8,10H2,1-5H3. The molecule has 0 aliphatic heterocycles. The van der Waals surface area contributed by atoms with E-state index >= 15 is 0 Å². The number of imidazole rings is 1. The highest BCUT2D eigenvalue weighted by molar-refractivity contribution is 4.90. The second-order valence-corrected chi connectivity index (χ2v) is 5.18. The summed E-state index contributed by atoms with van der Waals surface area (Å²) in [6.45, 7) is 9.71. The fraction of sp³-hybridized carbons (Fsp3) is 0.769. The van der Waals surface area contributed by atoms with Crippen molar-refractivity contribution < 1.29 is 0 Å². The molecule has 1 N–H and O–H groups in total. The van der Waals surface area contributed by atoms with Gasteiger partial charge in [-0.15, -0.1) is 0 Å². The van der Waals surface area contributed by atoms with Gasteiger partial charge in [-0.1, -0.05) is 13.8 Å². The van der Waals surface area contributed by atoms with Crippen molar-refractivity contribution >= 4 is 0 Å². The molecule has 0 bridgehead atoms. The van der Waals surface area contributed by atoms with Crippen LogP contribution in [0.1, 0.15) is 26.6 Å². The number of nitrogens with zero attached hydrogens (tertiary/aromatic N) is 3. The van der Waals surface area contributed by atoms with E-state index in [1.807, 2.05) is 19.4 Å². The molecule has 0 aliphatic carbocycles. The predicted octanol–water partition coefficient (Wildman–Crippen LogP) is 1.49. The fourth-order valence-corrected chi connectivity index (χ4v) is 1.59. The zero-order valence-corrected chi connectivity index (χ0v) is 11.8. The van der Waals surface area contributed by atoms with Crippen LogP contribution in [-0.2, 0) is 13.6 Å². The van der Waals surface area contributed by atoms with Crippen LogP contribution in [0.2, 0.25) is 0 Å². The van der Waals surface area contributed by atoms with Gasteiger partial charge in [-0.3, -0.25) is 4.90 Å². The molecular formula is C13H26N4. The third kappa shape index (κ3) is 4.88. The SMILES string of the molecule is CC(C)C(C)NCCN(C)Cc1nccn1C. The average Bonchev–Trinajstić information content (AvgIpc) is 2.64. The molecule has 4 nitrogen and oxygen atoms in total. The molecule has 1 heterocycles. The molecule has 1 unspecified atom stereocenters. The van der Waals surface area contributed by atoms with E-state index in [1.165, 1.54) is 0 Å². The highest BCUT2D eigenvalue weighted by Gasteiger charge is 2.07. The zero-order chi connectivity index (χ0) is 12.8. The minimum absolute atomic E-state index is 0.580. The molecule has 0 aliphatic rings. The van der Waals surface area contributed by atoms with Crippen molar-refractivity contribution in [1.82, 2.24) is 19.8 Å². The van der Waals surface area contributed by atoms with Gasteiger partial charge in [0.25, 0.3) is 0 Å². The van der Waals surface area contributed by atoms with Gasteiger partial charge in [0.2, 0.25) is 0 Å². The van der Waals surface area contributed by atoms with Gasteiger partial charge in [-0.25, -0.2) is 4.98 Å². The first-order valence-corrected chi connectivity index (χ1v) is 6.38. The lowest BCUT2D eigenvalue weighted by molar-refractivity contribution is 0.299. The van der Waals surface area contributed by atoms with Gasteiger partial charge in [0, 0.05) is 38.6 Å². The van der Waals surface area contributed by atoms with Crippen molar-refractivity contribution in [2.75, 3.05) is 20.1 Å². The van der Waals surface area contributed by atoms with Crippen molar-refractivity contribution in [2.24, 2.45) is 13.0 Å². The van der Waals surface area contributed by atoms with Gasteiger partial charge in [0.05, 0.1) is 6.54 Å². The van der Waals surface area contributed by atoms with E-state index in [2.05, 4.69) is 47.6 Å². The molecular weight excluding hydrogens is 212 g/mol. The second-order valence-electron chi connectivity index (χ2n) is 5.18. The summed E-state index contributed by atoms with van der Waals surface area (Å²) in [7, 11) is 4.17. The first kappa shape index (κ1) is 14.2. The molecule has 1 aromatic rings. The summed E-state index contributed by atoms with van der Waals surface area (Å²) in [4.78, 5) is 6.62. The molecule has 1 aromatic heterocycles. The maximum Gasteiger partial charge on any atom is 0.122 e.